The van der Waals surface area contributed by atoms with Crippen LogP contribution < -0.4 is 15.5 Å². The number of aromatic nitrogens is 4. The van der Waals surface area contributed by atoms with Gasteiger partial charge in [-0.2, -0.15) is 14.6 Å². The van der Waals surface area contributed by atoms with Gasteiger partial charge in [0.15, 0.2) is 5.75 Å². The quantitative estimate of drug-likeness (QED) is 0.731. The molecule has 3 heterocycles. The number of hydrogen-bond acceptors (Lipinski definition) is 7. The average Bonchev–Trinajstić information content (AvgIpc) is 3.26. The molecule has 8 nitrogen and oxygen atoms in total. The van der Waals surface area contributed by atoms with Crippen molar-refractivity contribution >= 4 is 23.5 Å². The van der Waals surface area contributed by atoms with Crippen LogP contribution in [-0.2, 0) is 0 Å². The number of nitrogens with zero attached hydrogens (tertiary/aromatic N) is 5. The predicted molar refractivity (Wildman–Crippen MR) is 95.5 cm³/mol. The Balaban J connectivity index is 1.76. The summed E-state index contributed by atoms with van der Waals surface area (Å²) in [5.41, 5.74) is 4.48. The Morgan fingerprint density at radius 1 is 1.35 bits per heavy atom. The molecule has 0 saturated carbocycles. The molecule has 1 unspecified atom stereocenters. The molecule has 1 aliphatic heterocycles. The van der Waals surface area contributed by atoms with Gasteiger partial charge in [-0.15, -0.1) is 5.10 Å². The third kappa shape index (κ3) is 3.03. The number of nitrogens with one attached hydrogen (secondary N) is 2. The van der Waals surface area contributed by atoms with Crippen LogP contribution in [0.1, 0.15) is 25.5 Å². The maximum atomic E-state index is 13.9. The lowest BCUT2D eigenvalue weighted by molar-refractivity contribution is 0.240. The van der Waals surface area contributed by atoms with Gasteiger partial charge in [-0.05, 0) is 26.0 Å². The van der Waals surface area contributed by atoms with E-state index in [9.17, 15) is 4.39 Å². The molecular formula is C17H18FN7O. The molecule has 0 radical (unpaired) electrons. The number of hydrogen-bond donors (Lipinski definition) is 2. The molecule has 2 N–H and O–H groups in total. The Morgan fingerprint density at radius 3 is 2.92 bits per heavy atom. The van der Waals surface area contributed by atoms with Gasteiger partial charge in [0.2, 0.25) is 11.6 Å². The second-order valence-electron chi connectivity index (χ2n) is 6.18. The molecule has 1 atom stereocenters. The van der Waals surface area contributed by atoms with Crippen molar-refractivity contribution in [3.63, 3.8) is 0 Å². The first-order valence-electron chi connectivity index (χ1n) is 8.31. The van der Waals surface area contributed by atoms with Crippen LogP contribution >= 0.6 is 0 Å². The van der Waals surface area contributed by atoms with E-state index in [2.05, 4.69) is 30.9 Å². The number of hydrazone groups is 1. The zero-order valence-electron chi connectivity index (χ0n) is 14.3. The molecule has 26 heavy (non-hydrogen) atoms. The lowest BCUT2D eigenvalue weighted by Gasteiger charge is -2.15. The van der Waals surface area contributed by atoms with Crippen molar-refractivity contribution in [2.75, 3.05) is 11.9 Å². The molecule has 1 aliphatic rings. The van der Waals surface area contributed by atoms with E-state index in [1.54, 1.807) is 30.7 Å². The number of fused-ring (bicyclic) bond motifs is 1. The fourth-order valence-electron chi connectivity index (χ4n) is 2.71. The van der Waals surface area contributed by atoms with E-state index in [0.29, 0.717) is 23.6 Å². The third-order valence-corrected chi connectivity index (χ3v) is 3.86. The highest BCUT2D eigenvalue weighted by molar-refractivity contribution is 5.73. The monoisotopic (exact) mass is 355 g/mol. The lowest BCUT2D eigenvalue weighted by atomic mass is 10.1. The van der Waals surface area contributed by atoms with Gasteiger partial charge in [0.05, 0.1) is 23.4 Å². The fraction of sp³-hybridized carbons (Fsp3) is 0.294. The van der Waals surface area contributed by atoms with Gasteiger partial charge in [0.1, 0.15) is 12.1 Å². The smallest absolute Gasteiger partial charge is 0.247 e. The summed E-state index contributed by atoms with van der Waals surface area (Å²) in [7, 11) is 0. The summed E-state index contributed by atoms with van der Waals surface area (Å²) in [6, 6.07) is 6.36. The first-order valence-corrected chi connectivity index (χ1v) is 8.31. The minimum atomic E-state index is -0.378. The molecule has 9 heteroatoms. The van der Waals surface area contributed by atoms with E-state index in [1.165, 1.54) is 10.6 Å². The molecule has 1 aromatic carbocycles. The summed E-state index contributed by atoms with van der Waals surface area (Å²) in [6.07, 6.45) is 3.30. The fourth-order valence-corrected chi connectivity index (χ4v) is 2.71. The van der Waals surface area contributed by atoms with Crippen molar-refractivity contribution in [2.45, 2.75) is 25.9 Å². The molecule has 3 aromatic rings. The van der Waals surface area contributed by atoms with Gasteiger partial charge in [-0.3, -0.25) is 0 Å². The summed E-state index contributed by atoms with van der Waals surface area (Å²) in [5.74, 6) is 0.433. The highest BCUT2D eigenvalue weighted by Crippen LogP contribution is 2.30. The number of para-hydroxylation sites is 1. The Bertz CT molecular complexity index is 969. The zero-order valence-corrected chi connectivity index (χ0v) is 14.3. The van der Waals surface area contributed by atoms with Crippen LogP contribution in [0.3, 0.4) is 0 Å². The molecular weight excluding hydrogens is 337 g/mol. The van der Waals surface area contributed by atoms with Gasteiger partial charge in [0, 0.05) is 12.8 Å². The molecule has 0 aliphatic carbocycles. The molecule has 4 rings (SSSR count). The first kappa shape index (κ1) is 16.2. The molecule has 0 amide bonds. The Hall–Kier alpha value is -3.23. The summed E-state index contributed by atoms with van der Waals surface area (Å²) >= 11 is 0. The summed E-state index contributed by atoms with van der Waals surface area (Å²) in [6.45, 7) is 4.51. The zero-order chi connectivity index (χ0) is 18.1. The minimum absolute atomic E-state index is 0.00609. The second-order valence-corrected chi connectivity index (χ2v) is 6.18. The molecule has 0 bridgehead atoms. The van der Waals surface area contributed by atoms with Crippen LogP contribution in [0, 0.1) is 5.82 Å². The lowest BCUT2D eigenvalue weighted by Crippen LogP contribution is -2.16. The average molecular weight is 355 g/mol. The summed E-state index contributed by atoms with van der Waals surface area (Å²) in [5, 5.41) is 11.3. The van der Waals surface area contributed by atoms with Crippen molar-refractivity contribution in [1.82, 2.24) is 25.0 Å². The minimum Gasteiger partial charge on any atom is -0.485 e. The molecule has 2 aromatic heterocycles. The van der Waals surface area contributed by atoms with Crippen molar-refractivity contribution in [3.8, 4) is 5.75 Å². The van der Waals surface area contributed by atoms with Crippen molar-refractivity contribution in [1.29, 1.82) is 0 Å². The van der Waals surface area contributed by atoms with Crippen LogP contribution in [0.2, 0.25) is 0 Å². The first-order chi connectivity index (χ1) is 12.6. The van der Waals surface area contributed by atoms with Gasteiger partial charge >= 0.3 is 0 Å². The van der Waals surface area contributed by atoms with Crippen LogP contribution in [0.15, 0.2) is 35.7 Å². The van der Waals surface area contributed by atoms with E-state index in [1.807, 2.05) is 13.8 Å². The number of rotatable bonds is 5. The Labute approximate surface area is 149 Å². The summed E-state index contributed by atoms with van der Waals surface area (Å²) < 4.78 is 21.4. The number of anilines is 2. The van der Waals surface area contributed by atoms with E-state index in [4.69, 9.17) is 4.74 Å². The predicted octanol–water partition coefficient (Wildman–Crippen LogP) is 2.47. The molecule has 134 valence electrons. The number of halogens is 1. The molecule has 0 fully saturated rings. The van der Waals surface area contributed by atoms with Gasteiger partial charge in [-0.25, -0.2) is 9.37 Å². The molecule has 0 saturated heterocycles. The van der Waals surface area contributed by atoms with Crippen molar-refractivity contribution in [2.24, 2.45) is 5.10 Å². The van der Waals surface area contributed by atoms with Crippen molar-refractivity contribution in [3.05, 3.63) is 42.1 Å². The van der Waals surface area contributed by atoms with Gasteiger partial charge in [0.25, 0.3) is 0 Å². The SMILES string of the molecule is CC(C)Oc1c(C2C=NNC2)ncn2nc(Nc3ccccc3F)nc12. The maximum absolute atomic E-state index is 13.9. The van der Waals surface area contributed by atoms with Gasteiger partial charge < -0.3 is 15.5 Å². The number of ether oxygens (including phenoxy) is 1. The van der Waals surface area contributed by atoms with E-state index in [-0.39, 0.29) is 23.8 Å². The molecule has 0 spiro atoms. The normalized spacial score (nSPS) is 16.2. The standard InChI is InChI=1S/C17H18FN7O/c1-10(2)26-15-14(11-7-20-21-8-11)19-9-25-16(15)23-17(24-25)22-13-6-4-3-5-12(13)18/h3-7,9-11,21H,8H2,1-2H3,(H,22,24). The topological polar surface area (TPSA) is 88.7 Å². The van der Waals surface area contributed by atoms with Crippen LogP contribution in [-0.4, -0.2) is 38.4 Å². The number of benzene rings is 1. The second kappa shape index (κ2) is 6.58. The third-order valence-electron chi connectivity index (χ3n) is 3.86. The van der Waals surface area contributed by atoms with Crippen LogP contribution in [0.5, 0.6) is 5.75 Å². The van der Waals surface area contributed by atoms with E-state index < -0.39 is 0 Å². The Kier molecular flexibility index (Phi) is 4.11. The van der Waals surface area contributed by atoms with Crippen molar-refractivity contribution < 1.29 is 9.13 Å². The summed E-state index contributed by atoms with van der Waals surface area (Å²) in [4.78, 5) is 8.96. The Morgan fingerprint density at radius 2 is 2.19 bits per heavy atom. The van der Waals surface area contributed by atoms with Crippen LogP contribution in [0.4, 0.5) is 16.0 Å². The highest BCUT2D eigenvalue weighted by Gasteiger charge is 2.24. The van der Waals surface area contributed by atoms with Crippen LogP contribution in [0.25, 0.3) is 5.65 Å². The van der Waals surface area contributed by atoms with E-state index in [0.717, 1.165) is 5.69 Å². The largest absolute Gasteiger partial charge is 0.485 e. The van der Waals surface area contributed by atoms with E-state index >= 15 is 0 Å². The maximum Gasteiger partial charge on any atom is 0.247 e. The highest BCUT2D eigenvalue weighted by atomic mass is 19.1. The van der Waals surface area contributed by atoms with Gasteiger partial charge in [-0.1, -0.05) is 12.1 Å².